The van der Waals surface area contributed by atoms with E-state index in [2.05, 4.69) is 34.2 Å². The SMILES string of the molecule is CCNC1CCS(=O)c2c(Br)cccc21. The van der Waals surface area contributed by atoms with Gasteiger partial charge in [0.15, 0.2) is 0 Å². The maximum Gasteiger partial charge on any atom is 0.0577 e. The zero-order valence-corrected chi connectivity index (χ0v) is 11.0. The Balaban J connectivity index is 2.45. The van der Waals surface area contributed by atoms with Crippen LogP contribution in [-0.2, 0) is 10.8 Å². The first-order chi connectivity index (χ1) is 7.24. The van der Waals surface area contributed by atoms with Crippen LogP contribution in [0.5, 0.6) is 0 Å². The predicted molar refractivity (Wildman–Crippen MR) is 66.5 cm³/mol. The third-order valence-electron chi connectivity index (χ3n) is 2.64. The monoisotopic (exact) mass is 287 g/mol. The van der Waals surface area contributed by atoms with Crippen molar-refractivity contribution in [1.82, 2.24) is 5.32 Å². The molecule has 0 saturated carbocycles. The molecule has 2 nitrogen and oxygen atoms in total. The highest BCUT2D eigenvalue weighted by Gasteiger charge is 2.25. The van der Waals surface area contributed by atoms with E-state index in [0.717, 1.165) is 28.1 Å². The minimum Gasteiger partial charge on any atom is -0.310 e. The van der Waals surface area contributed by atoms with Gasteiger partial charge in [0.05, 0.1) is 15.7 Å². The first-order valence-electron chi connectivity index (χ1n) is 5.14. The Kier molecular flexibility index (Phi) is 3.59. The van der Waals surface area contributed by atoms with Crippen LogP contribution in [0.2, 0.25) is 0 Å². The van der Waals surface area contributed by atoms with Crippen LogP contribution in [0, 0.1) is 0 Å². The molecule has 0 saturated heterocycles. The number of nitrogens with one attached hydrogen (secondary N) is 1. The molecule has 1 heterocycles. The molecule has 0 spiro atoms. The molecule has 1 N–H and O–H groups in total. The van der Waals surface area contributed by atoms with Gasteiger partial charge in [-0.2, -0.15) is 0 Å². The molecule has 0 bridgehead atoms. The molecular formula is C11H14BrNOS. The molecule has 2 rings (SSSR count). The van der Waals surface area contributed by atoms with Crippen molar-refractivity contribution in [2.45, 2.75) is 24.3 Å². The zero-order valence-electron chi connectivity index (χ0n) is 8.63. The highest BCUT2D eigenvalue weighted by molar-refractivity contribution is 9.10. The van der Waals surface area contributed by atoms with Crippen LogP contribution < -0.4 is 5.32 Å². The van der Waals surface area contributed by atoms with E-state index < -0.39 is 10.8 Å². The first-order valence-corrected chi connectivity index (χ1v) is 7.25. The van der Waals surface area contributed by atoms with E-state index in [-0.39, 0.29) is 0 Å². The summed E-state index contributed by atoms with van der Waals surface area (Å²) in [6.07, 6.45) is 0.962. The molecule has 0 radical (unpaired) electrons. The highest BCUT2D eigenvalue weighted by Crippen LogP contribution is 2.34. The van der Waals surface area contributed by atoms with Gasteiger partial charge in [-0.25, -0.2) is 0 Å². The predicted octanol–water partition coefficient (Wildman–Crippen LogP) is 2.61. The summed E-state index contributed by atoms with van der Waals surface area (Å²) >= 11 is 3.48. The van der Waals surface area contributed by atoms with E-state index in [9.17, 15) is 4.21 Å². The van der Waals surface area contributed by atoms with Crippen molar-refractivity contribution in [3.63, 3.8) is 0 Å². The highest BCUT2D eigenvalue weighted by atomic mass is 79.9. The summed E-state index contributed by atoms with van der Waals surface area (Å²) in [4.78, 5) is 0.981. The van der Waals surface area contributed by atoms with Crippen LogP contribution in [0.4, 0.5) is 0 Å². The minimum atomic E-state index is -0.838. The van der Waals surface area contributed by atoms with Gasteiger partial charge in [-0.3, -0.25) is 4.21 Å². The fourth-order valence-corrected chi connectivity index (χ4v) is 4.32. The standard InChI is InChI=1S/C11H14BrNOS/c1-2-13-10-6-7-15(14)11-8(10)4-3-5-9(11)12/h3-5,10,13H,2,6-7H2,1H3. The second kappa shape index (κ2) is 4.76. The molecule has 2 unspecified atom stereocenters. The van der Waals surface area contributed by atoms with Crippen molar-refractivity contribution >= 4 is 26.7 Å². The number of benzene rings is 1. The first kappa shape index (κ1) is 11.3. The molecule has 1 aromatic rings. The van der Waals surface area contributed by atoms with Gasteiger partial charge in [0.25, 0.3) is 0 Å². The second-order valence-corrected chi connectivity index (χ2v) is 5.97. The van der Waals surface area contributed by atoms with E-state index in [0.29, 0.717) is 6.04 Å². The lowest BCUT2D eigenvalue weighted by atomic mass is 10.0. The van der Waals surface area contributed by atoms with E-state index >= 15 is 0 Å². The van der Waals surface area contributed by atoms with Crippen LogP contribution in [0.15, 0.2) is 27.6 Å². The molecule has 2 atom stereocenters. The molecule has 82 valence electrons. The Bertz CT molecular complexity index is 394. The van der Waals surface area contributed by atoms with Crippen LogP contribution in [0.1, 0.15) is 24.9 Å². The number of rotatable bonds is 2. The molecule has 15 heavy (non-hydrogen) atoms. The number of halogens is 1. The molecule has 0 amide bonds. The zero-order chi connectivity index (χ0) is 10.8. The lowest BCUT2D eigenvalue weighted by Crippen LogP contribution is -2.27. The number of hydrogen-bond acceptors (Lipinski definition) is 2. The van der Waals surface area contributed by atoms with E-state index in [4.69, 9.17) is 0 Å². The summed E-state index contributed by atoms with van der Waals surface area (Å²) in [5.41, 5.74) is 1.19. The molecule has 0 aromatic heterocycles. The van der Waals surface area contributed by atoms with Gasteiger partial charge in [-0.15, -0.1) is 0 Å². The summed E-state index contributed by atoms with van der Waals surface area (Å²) in [5, 5.41) is 3.43. The maximum absolute atomic E-state index is 11.9. The quantitative estimate of drug-likeness (QED) is 0.906. The molecule has 1 aliphatic heterocycles. The third kappa shape index (κ3) is 2.17. The fraction of sp³-hybridized carbons (Fsp3) is 0.455. The Morgan fingerprint density at radius 2 is 2.40 bits per heavy atom. The Morgan fingerprint density at radius 1 is 1.60 bits per heavy atom. The van der Waals surface area contributed by atoms with Gasteiger partial charge in [0.2, 0.25) is 0 Å². The molecular weight excluding hydrogens is 274 g/mol. The van der Waals surface area contributed by atoms with Crippen molar-refractivity contribution in [3.8, 4) is 0 Å². The van der Waals surface area contributed by atoms with Crippen LogP contribution in [0.3, 0.4) is 0 Å². The summed E-state index contributed by atoms with van der Waals surface area (Å²) in [7, 11) is -0.838. The van der Waals surface area contributed by atoms with Crippen molar-refractivity contribution in [2.75, 3.05) is 12.3 Å². The van der Waals surface area contributed by atoms with Crippen molar-refractivity contribution in [2.24, 2.45) is 0 Å². The molecule has 1 aromatic carbocycles. The van der Waals surface area contributed by atoms with Crippen molar-refractivity contribution in [3.05, 3.63) is 28.2 Å². The molecule has 0 aliphatic carbocycles. The Labute approximate surface area is 101 Å². The van der Waals surface area contributed by atoms with Crippen LogP contribution >= 0.6 is 15.9 Å². The van der Waals surface area contributed by atoms with Gasteiger partial charge in [0, 0.05) is 16.3 Å². The topological polar surface area (TPSA) is 29.1 Å². The van der Waals surface area contributed by atoms with Gasteiger partial charge in [-0.1, -0.05) is 19.1 Å². The average molecular weight is 288 g/mol. The van der Waals surface area contributed by atoms with E-state index in [1.54, 1.807) is 0 Å². The summed E-state index contributed by atoms with van der Waals surface area (Å²) < 4.78 is 12.9. The fourth-order valence-electron chi connectivity index (χ4n) is 1.98. The number of hydrogen-bond donors (Lipinski definition) is 1. The lowest BCUT2D eigenvalue weighted by molar-refractivity contribution is 0.519. The van der Waals surface area contributed by atoms with Gasteiger partial charge >= 0.3 is 0 Å². The Morgan fingerprint density at radius 3 is 3.13 bits per heavy atom. The normalized spacial score (nSPS) is 24.9. The Hall–Kier alpha value is -0.190. The second-order valence-electron chi connectivity index (χ2n) is 3.61. The smallest absolute Gasteiger partial charge is 0.0577 e. The molecule has 0 fully saturated rings. The molecule has 4 heteroatoms. The average Bonchev–Trinajstić information content (AvgIpc) is 2.22. The third-order valence-corrected chi connectivity index (χ3v) is 5.08. The van der Waals surface area contributed by atoms with Gasteiger partial charge in [0.1, 0.15) is 0 Å². The van der Waals surface area contributed by atoms with E-state index in [1.165, 1.54) is 5.56 Å². The summed E-state index contributed by atoms with van der Waals surface area (Å²) in [6.45, 7) is 3.05. The van der Waals surface area contributed by atoms with Crippen molar-refractivity contribution in [1.29, 1.82) is 0 Å². The van der Waals surface area contributed by atoms with E-state index in [1.807, 2.05) is 12.1 Å². The minimum absolute atomic E-state index is 0.361. The number of fused-ring (bicyclic) bond motifs is 1. The van der Waals surface area contributed by atoms with Crippen molar-refractivity contribution < 1.29 is 4.21 Å². The maximum atomic E-state index is 11.9. The summed E-state index contributed by atoms with van der Waals surface area (Å²) in [5.74, 6) is 0.757. The summed E-state index contributed by atoms with van der Waals surface area (Å²) in [6, 6.07) is 6.41. The van der Waals surface area contributed by atoms with Crippen LogP contribution in [0.25, 0.3) is 0 Å². The molecule has 1 aliphatic rings. The van der Waals surface area contributed by atoms with Gasteiger partial charge in [-0.05, 0) is 40.5 Å². The van der Waals surface area contributed by atoms with Gasteiger partial charge < -0.3 is 5.32 Å². The lowest BCUT2D eigenvalue weighted by Gasteiger charge is -2.26. The van der Waals surface area contributed by atoms with Crippen LogP contribution in [-0.4, -0.2) is 16.5 Å². The largest absolute Gasteiger partial charge is 0.310 e.